The molecule has 0 radical (unpaired) electrons. The van der Waals surface area contributed by atoms with Crippen molar-refractivity contribution in [3.8, 4) is 11.4 Å². The number of hydrogen-bond donors (Lipinski definition) is 3. The van der Waals surface area contributed by atoms with Crippen LogP contribution in [0.3, 0.4) is 0 Å². The van der Waals surface area contributed by atoms with Crippen LogP contribution in [0, 0.1) is 0 Å². The minimum absolute atomic E-state index is 0.429. The van der Waals surface area contributed by atoms with Gasteiger partial charge in [0.05, 0.1) is 5.69 Å². The Balaban J connectivity index is 1.61. The number of anilines is 1. The fourth-order valence-electron chi connectivity index (χ4n) is 4.18. The molecule has 2 aliphatic rings. The molecule has 0 aliphatic carbocycles. The Labute approximate surface area is 165 Å². The number of nitrogens with one attached hydrogen (secondary N) is 2. The van der Waals surface area contributed by atoms with Crippen LogP contribution in [0.15, 0.2) is 24.3 Å². The van der Waals surface area contributed by atoms with Gasteiger partial charge in [-0.1, -0.05) is 19.1 Å². The number of primary amides is 1. The predicted octanol–water partition coefficient (Wildman–Crippen LogP) is 1.78. The highest BCUT2D eigenvalue weighted by atomic mass is 16.1. The molecule has 1 aromatic carbocycles. The van der Waals surface area contributed by atoms with Crippen LogP contribution in [0.5, 0.6) is 0 Å². The van der Waals surface area contributed by atoms with Crippen LogP contribution in [0.25, 0.3) is 11.4 Å². The monoisotopic (exact) mass is 380 g/mol. The molecule has 28 heavy (non-hydrogen) atoms. The number of carbonyl (C=O) groups is 1. The van der Waals surface area contributed by atoms with Crippen molar-refractivity contribution < 1.29 is 4.79 Å². The molecule has 1 aromatic heterocycles. The maximum absolute atomic E-state index is 11.3. The molecule has 0 bridgehead atoms. The fourth-order valence-corrected chi connectivity index (χ4v) is 4.18. The van der Waals surface area contributed by atoms with Crippen molar-refractivity contribution in [3.05, 3.63) is 41.1 Å². The number of benzene rings is 1. The molecule has 4 rings (SSSR count). The first-order chi connectivity index (χ1) is 13.7. The molecule has 2 aromatic rings. The molecule has 1 amide bonds. The third kappa shape index (κ3) is 3.86. The number of carbonyl (C=O) groups excluding carboxylic acids is 1. The third-order valence-corrected chi connectivity index (χ3v) is 5.77. The molecule has 7 heteroatoms. The van der Waals surface area contributed by atoms with Gasteiger partial charge in [-0.2, -0.15) is 0 Å². The Morgan fingerprint density at radius 3 is 2.89 bits per heavy atom. The van der Waals surface area contributed by atoms with Gasteiger partial charge < -0.3 is 16.4 Å². The number of amides is 1. The Bertz CT molecular complexity index is 851. The van der Waals surface area contributed by atoms with E-state index in [0.717, 1.165) is 49.7 Å². The molecule has 2 aliphatic heterocycles. The van der Waals surface area contributed by atoms with Crippen molar-refractivity contribution in [2.45, 2.75) is 38.8 Å². The number of likely N-dealkylation sites (tertiary alicyclic amines) is 1. The van der Waals surface area contributed by atoms with E-state index in [1.54, 1.807) is 12.1 Å². The standard InChI is InChI=1S/C21H28N6O/c1-2-27-11-3-4-16(27)12-24-21-17-9-10-23-13-18(17)25-20(26-21)15-7-5-14(6-8-15)19(22)28/h5-8,16,23H,2-4,9-13H2,1H3,(H2,22,28)(H,24,25,26)/t16-/m0/s1. The SMILES string of the molecule is CCN1CCC[C@H]1CNc1nc(-c2ccc(C(N)=O)cc2)nc2c1CCNC2. The summed E-state index contributed by atoms with van der Waals surface area (Å²) in [5, 5.41) is 7.02. The van der Waals surface area contributed by atoms with Crippen LogP contribution < -0.4 is 16.4 Å². The average Bonchev–Trinajstić information content (AvgIpc) is 3.19. The van der Waals surface area contributed by atoms with Crippen LogP contribution in [0.4, 0.5) is 5.82 Å². The van der Waals surface area contributed by atoms with E-state index in [-0.39, 0.29) is 0 Å². The normalized spacial score (nSPS) is 19.4. The molecule has 1 saturated heterocycles. The largest absolute Gasteiger partial charge is 0.368 e. The van der Waals surface area contributed by atoms with Gasteiger partial charge >= 0.3 is 0 Å². The molecule has 1 fully saturated rings. The molecule has 0 unspecified atom stereocenters. The maximum atomic E-state index is 11.3. The minimum Gasteiger partial charge on any atom is -0.368 e. The molecular formula is C21H28N6O. The topological polar surface area (TPSA) is 96.2 Å². The highest BCUT2D eigenvalue weighted by Gasteiger charge is 2.24. The van der Waals surface area contributed by atoms with E-state index in [4.69, 9.17) is 15.7 Å². The van der Waals surface area contributed by atoms with Crippen molar-refractivity contribution in [3.63, 3.8) is 0 Å². The molecule has 3 heterocycles. The van der Waals surface area contributed by atoms with Crippen LogP contribution in [0.1, 0.15) is 41.4 Å². The van der Waals surface area contributed by atoms with Crippen molar-refractivity contribution in [2.24, 2.45) is 5.73 Å². The van der Waals surface area contributed by atoms with Gasteiger partial charge in [0, 0.05) is 35.8 Å². The van der Waals surface area contributed by atoms with Gasteiger partial charge in [-0.25, -0.2) is 9.97 Å². The van der Waals surface area contributed by atoms with Gasteiger partial charge in [0.2, 0.25) is 5.91 Å². The zero-order valence-corrected chi connectivity index (χ0v) is 16.4. The zero-order chi connectivity index (χ0) is 19.5. The van der Waals surface area contributed by atoms with Crippen molar-refractivity contribution >= 4 is 11.7 Å². The van der Waals surface area contributed by atoms with E-state index >= 15 is 0 Å². The van der Waals surface area contributed by atoms with Crippen molar-refractivity contribution in [1.29, 1.82) is 0 Å². The highest BCUT2D eigenvalue weighted by molar-refractivity contribution is 5.93. The molecule has 0 spiro atoms. The lowest BCUT2D eigenvalue weighted by Crippen LogP contribution is -2.35. The first-order valence-electron chi connectivity index (χ1n) is 10.1. The fraction of sp³-hybridized carbons (Fsp3) is 0.476. The Morgan fingerprint density at radius 1 is 1.32 bits per heavy atom. The third-order valence-electron chi connectivity index (χ3n) is 5.77. The summed E-state index contributed by atoms with van der Waals surface area (Å²) < 4.78 is 0. The van der Waals surface area contributed by atoms with Crippen molar-refractivity contribution in [1.82, 2.24) is 20.2 Å². The molecular weight excluding hydrogens is 352 g/mol. The number of hydrogen-bond acceptors (Lipinski definition) is 6. The maximum Gasteiger partial charge on any atom is 0.248 e. The Morgan fingerprint density at radius 2 is 2.14 bits per heavy atom. The summed E-state index contributed by atoms with van der Waals surface area (Å²) in [5.41, 5.74) is 8.99. The second kappa shape index (κ2) is 8.24. The van der Waals surface area contributed by atoms with Gasteiger partial charge in [-0.15, -0.1) is 0 Å². The Kier molecular flexibility index (Phi) is 5.54. The smallest absolute Gasteiger partial charge is 0.248 e. The first kappa shape index (κ1) is 18.8. The molecule has 4 N–H and O–H groups in total. The van der Waals surface area contributed by atoms with E-state index < -0.39 is 5.91 Å². The van der Waals surface area contributed by atoms with Gasteiger partial charge in [0.15, 0.2) is 5.82 Å². The van der Waals surface area contributed by atoms with E-state index in [9.17, 15) is 4.79 Å². The summed E-state index contributed by atoms with van der Waals surface area (Å²) in [7, 11) is 0. The number of likely N-dealkylation sites (N-methyl/N-ethyl adjacent to an activating group) is 1. The summed E-state index contributed by atoms with van der Waals surface area (Å²) >= 11 is 0. The highest BCUT2D eigenvalue weighted by Crippen LogP contribution is 2.26. The second-order valence-electron chi connectivity index (χ2n) is 7.49. The second-order valence-corrected chi connectivity index (χ2v) is 7.49. The lowest BCUT2D eigenvalue weighted by Gasteiger charge is -2.25. The summed E-state index contributed by atoms with van der Waals surface area (Å²) in [5.74, 6) is 1.20. The molecule has 1 atom stereocenters. The zero-order valence-electron chi connectivity index (χ0n) is 16.4. The van der Waals surface area contributed by atoms with Gasteiger partial charge in [0.1, 0.15) is 5.82 Å². The van der Waals surface area contributed by atoms with Crippen LogP contribution in [-0.4, -0.2) is 53.0 Å². The summed E-state index contributed by atoms with van der Waals surface area (Å²) in [4.78, 5) is 23.5. The average molecular weight is 380 g/mol. The van der Waals surface area contributed by atoms with E-state index in [2.05, 4.69) is 22.5 Å². The minimum atomic E-state index is -0.429. The molecule has 7 nitrogen and oxygen atoms in total. The molecule has 0 saturated carbocycles. The van der Waals surface area contributed by atoms with Crippen molar-refractivity contribution in [2.75, 3.05) is 31.5 Å². The summed E-state index contributed by atoms with van der Waals surface area (Å²) in [6.45, 7) is 7.11. The van der Waals surface area contributed by atoms with Crippen LogP contribution in [0.2, 0.25) is 0 Å². The van der Waals surface area contributed by atoms with E-state index in [0.29, 0.717) is 17.4 Å². The van der Waals surface area contributed by atoms with Crippen LogP contribution >= 0.6 is 0 Å². The number of nitrogens with two attached hydrogens (primary N) is 1. The number of fused-ring (bicyclic) bond motifs is 1. The summed E-state index contributed by atoms with van der Waals surface area (Å²) in [6, 6.07) is 7.73. The van der Waals surface area contributed by atoms with E-state index in [1.165, 1.54) is 24.9 Å². The van der Waals surface area contributed by atoms with Gasteiger partial charge in [-0.05, 0) is 51.0 Å². The molecule has 148 valence electrons. The quantitative estimate of drug-likeness (QED) is 0.707. The van der Waals surface area contributed by atoms with E-state index in [1.807, 2.05) is 12.1 Å². The summed E-state index contributed by atoms with van der Waals surface area (Å²) in [6.07, 6.45) is 3.43. The van der Waals surface area contributed by atoms with Crippen LogP contribution in [-0.2, 0) is 13.0 Å². The number of rotatable bonds is 6. The lowest BCUT2D eigenvalue weighted by molar-refractivity contribution is 0.100. The lowest BCUT2D eigenvalue weighted by atomic mass is 10.1. The number of aromatic nitrogens is 2. The Hall–Kier alpha value is -2.51. The number of nitrogens with zero attached hydrogens (tertiary/aromatic N) is 3. The van der Waals surface area contributed by atoms with Gasteiger partial charge in [0.25, 0.3) is 0 Å². The van der Waals surface area contributed by atoms with Gasteiger partial charge in [-0.3, -0.25) is 9.69 Å². The predicted molar refractivity (Wildman–Crippen MR) is 110 cm³/mol. The first-order valence-corrected chi connectivity index (χ1v) is 10.1.